The summed E-state index contributed by atoms with van der Waals surface area (Å²) in [5.41, 5.74) is 2.26. The first-order valence-electron chi connectivity index (χ1n) is 7.90. The molecule has 1 aromatic carbocycles. The van der Waals surface area contributed by atoms with Crippen molar-refractivity contribution in [1.29, 1.82) is 0 Å². The van der Waals surface area contributed by atoms with E-state index in [2.05, 4.69) is 27.9 Å². The zero-order chi connectivity index (χ0) is 16.1. The van der Waals surface area contributed by atoms with Crippen molar-refractivity contribution in [3.8, 4) is 0 Å². The Morgan fingerprint density at radius 2 is 2.12 bits per heavy atom. The van der Waals surface area contributed by atoms with Gasteiger partial charge >= 0.3 is 0 Å². The average molecular weight is 351 g/mol. The van der Waals surface area contributed by atoms with Crippen LogP contribution in [0.5, 0.6) is 0 Å². The van der Waals surface area contributed by atoms with E-state index in [4.69, 9.17) is 4.74 Å². The normalized spacial score (nSPS) is 20.2. The van der Waals surface area contributed by atoms with E-state index in [9.17, 15) is 4.79 Å². The fourth-order valence-corrected chi connectivity index (χ4v) is 2.67. The van der Waals surface area contributed by atoms with E-state index in [1.165, 1.54) is 5.56 Å². The van der Waals surface area contributed by atoms with Crippen LogP contribution < -0.4 is 10.6 Å². The molecule has 0 aliphatic carbocycles. The molecule has 2 atom stereocenters. The lowest BCUT2D eigenvalue weighted by atomic mass is 10.1. The van der Waals surface area contributed by atoms with E-state index in [0.29, 0.717) is 19.7 Å². The summed E-state index contributed by atoms with van der Waals surface area (Å²) < 4.78 is 7.38. The molecule has 1 aliphatic rings. The standard InChI is InChI=1S/C17H22N4O2.ClH/c1-13-16(18-8-10-23-13)17(22)19-11-14-3-5-15(6-4-14)12-21-9-2-7-20-21;/h2-7,9,13,16,18H,8,10-12H2,1H3,(H,19,22);1H/t13-,16+;/m1./s1. The average Bonchev–Trinajstić information content (AvgIpc) is 3.07. The largest absolute Gasteiger partial charge is 0.375 e. The second kappa shape index (κ2) is 8.82. The number of hydrogen-bond acceptors (Lipinski definition) is 4. The molecule has 1 saturated heterocycles. The molecule has 0 saturated carbocycles. The lowest BCUT2D eigenvalue weighted by Crippen LogP contribution is -2.55. The molecule has 2 aromatic rings. The van der Waals surface area contributed by atoms with Crippen molar-refractivity contribution in [1.82, 2.24) is 20.4 Å². The summed E-state index contributed by atoms with van der Waals surface area (Å²) in [6.07, 6.45) is 3.61. The molecule has 1 amide bonds. The van der Waals surface area contributed by atoms with Crippen molar-refractivity contribution >= 4 is 18.3 Å². The first-order chi connectivity index (χ1) is 11.2. The summed E-state index contributed by atoms with van der Waals surface area (Å²) in [4.78, 5) is 12.2. The molecule has 6 nitrogen and oxygen atoms in total. The Morgan fingerprint density at radius 3 is 2.79 bits per heavy atom. The number of ether oxygens (including phenoxy) is 1. The van der Waals surface area contributed by atoms with Gasteiger partial charge in [0.2, 0.25) is 5.91 Å². The number of benzene rings is 1. The number of rotatable bonds is 5. The summed E-state index contributed by atoms with van der Waals surface area (Å²) in [7, 11) is 0. The van der Waals surface area contributed by atoms with Gasteiger partial charge in [0, 0.05) is 25.5 Å². The third kappa shape index (κ3) is 4.80. The van der Waals surface area contributed by atoms with Gasteiger partial charge in [-0.15, -0.1) is 12.4 Å². The first kappa shape index (κ1) is 18.4. The molecular weight excluding hydrogens is 328 g/mol. The van der Waals surface area contributed by atoms with Gasteiger partial charge in [0.15, 0.2) is 0 Å². The number of nitrogens with one attached hydrogen (secondary N) is 2. The van der Waals surface area contributed by atoms with Crippen LogP contribution in [0, 0.1) is 0 Å². The molecule has 0 radical (unpaired) electrons. The molecule has 1 fully saturated rings. The Kier molecular flexibility index (Phi) is 6.78. The van der Waals surface area contributed by atoms with Crippen LogP contribution in [0.15, 0.2) is 42.7 Å². The van der Waals surface area contributed by atoms with Crippen LogP contribution in [-0.4, -0.2) is 41.0 Å². The molecule has 3 rings (SSSR count). The van der Waals surface area contributed by atoms with Gasteiger partial charge in [0.1, 0.15) is 6.04 Å². The lowest BCUT2D eigenvalue weighted by Gasteiger charge is -2.29. The maximum absolute atomic E-state index is 12.2. The van der Waals surface area contributed by atoms with Gasteiger partial charge in [0.05, 0.1) is 19.3 Å². The fraction of sp³-hybridized carbons (Fsp3) is 0.412. The topological polar surface area (TPSA) is 68.2 Å². The molecule has 130 valence electrons. The van der Waals surface area contributed by atoms with Gasteiger partial charge in [-0.2, -0.15) is 5.10 Å². The third-order valence-electron chi connectivity index (χ3n) is 3.99. The van der Waals surface area contributed by atoms with E-state index >= 15 is 0 Å². The maximum atomic E-state index is 12.2. The predicted molar refractivity (Wildman–Crippen MR) is 94.1 cm³/mol. The van der Waals surface area contributed by atoms with Gasteiger partial charge in [-0.1, -0.05) is 24.3 Å². The molecule has 2 N–H and O–H groups in total. The van der Waals surface area contributed by atoms with E-state index in [1.54, 1.807) is 6.20 Å². The molecule has 24 heavy (non-hydrogen) atoms. The Morgan fingerprint density at radius 1 is 1.38 bits per heavy atom. The Bertz CT molecular complexity index is 631. The molecule has 0 unspecified atom stereocenters. The van der Waals surface area contributed by atoms with Crippen LogP contribution in [0.3, 0.4) is 0 Å². The van der Waals surface area contributed by atoms with Crippen LogP contribution in [0.4, 0.5) is 0 Å². The number of carbonyl (C=O) groups is 1. The number of hydrogen-bond donors (Lipinski definition) is 2. The monoisotopic (exact) mass is 350 g/mol. The van der Waals surface area contributed by atoms with E-state index in [0.717, 1.165) is 12.1 Å². The second-order valence-electron chi connectivity index (χ2n) is 5.75. The van der Waals surface area contributed by atoms with Crippen molar-refractivity contribution in [3.63, 3.8) is 0 Å². The van der Waals surface area contributed by atoms with Gasteiger partial charge in [-0.25, -0.2) is 0 Å². The molecule has 7 heteroatoms. The van der Waals surface area contributed by atoms with Gasteiger partial charge in [-0.05, 0) is 24.1 Å². The highest BCUT2D eigenvalue weighted by Gasteiger charge is 2.27. The van der Waals surface area contributed by atoms with E-state index < -0.39 is 0 Å². The third-order valence-corrected chi connectivity index (χ3v) is 3.99. The zero-order valence-electron chi connectivity index (χ0n) is 13.6. The highest BCUT2D eigenvalue weighted by Crippen LogP contribution is 2.07. The van der Waals surface area contributed by atoms with Gasteiger partial charge < -0.3 is 15.4 Å². The van der Waals surface area contributed by atoms with Gasteiger partial charge in [-0.3, -0.25) is 9.48 Å². The highest BCUT2D eigenvalue weighted by atomic mass is 35.5. The predicted octanol–water partition coefficient (Wildman–Crippen LogP) is 1.35. The van der Waals surface area contributed by atoms with Crippen molar-refractivity contribution in [2.24, 2.45) is 0 Å². The lowest BCUT2D eigenvalue weighted by molar-refractivity contribution is -0.129. The van der Waals surface area contributed by atoms with Crippen LogP contribution in [0.25, 0.3) is 0 Å². The second-order valence-corrected chi connectivity index (χ2v) is 5.75. The molecule has 0 bridgehead atoms. The number of nitrogens with zero attached hydrogens (tertiary/aromatic N) is 2. The van der Waals surface area contributed by atoms with Crippen LogP contribution in [0.2, 0.25) is 0 Å². The minimum atomic E-state index is -0.275. The van der Waals surface area contributed by atoms with Crippen molar-refractivity contribution < 1.29 is 9.53 Å². The summed E-state index contributed by atoms with van der Waals surface area (Å²) in [5, 5.41) is 10.4. The number of amides is 1. The Hall–Kier alpha value is -1.89. The minimum absolute atomic E-state index is 0. The zero-order valence-corrected chi connectivity index (χ0v) is 14.5. The van der Waals surface area contributed by atoms with Gasteiger partial charge in [0.25, 0.3) is 0 Å². The molecule has 0 spiro atoms. The van der Waals surface area contributed by atoms with Crippen molar-refractivity contribution in [2.75, 3.05) is 13.2 Å². The first-order valence-corrected chi connectivity index (χ1v) is 7.90. The quantitative estimate of drug-likeness (QED) is 0.854. The summed E-state index contributed by atoms with van der Waals surface area (Å²) in [6.45, 7) is 4.56. The minimum Gasteiger partial charge on any atom is -0.375 e. The number of aromatic nitrogens is 2. The van der Waals surface area contributed by atoms with Crippen LogP contribution >= 0.6 is 12.4 Å². The Balaban J connectivity index is 0.00000208. The highest BCUT2D eigenvalue weighted by molar-refractivity contribution is 5.85. The smallest absolute Gasteiger partial charge is 0.240 e. The summed E-state index contributed by atoms with van der Waals surface area (Å²) in [5.74, 6) is -0.0159. The molecule has 2 heterocycles. The fourth-order valence-electron chi connectivity index (χ4n) is 2.67. The summed E-state index contributed by atoms with van der Waals surface area (Å²) in [6, 6.07) is 9.83. The number of morpholine rings is 1. The number of carbonyl (C=O) groups excluding carboxylic acids is 1. The van der Waals surface area contributed by atoms with E-state index in [-0.39, 0.29) is 30.5 Å². The van der Waals surface area contributed by atoms with Crippen molar-refractivity contribution in [3.05, 3.63) is 53.9 Å². The summed E-state index contributed by atoms with van der Waals surface area (Å²) >= 11 is 0. The van der Waals surface area contributed by atoms with E-state index in [1.807, 2.05) is 36.0 Å². The van der Waals surface area contributed by atoms with Crippen molar-refractivity contribution in [2.45, 2.75) is 32.2 Å². The molecule has 1 aliphatic heterocycles. The van der Waals surface area contributed by atoms with Crippen LogP contribution in [0.1, 0.15) is 18.1 Å². The van der Waals surface area contributed by atoms with Crippen LogP contribution in [-0.2, 0) is 22.6 Å². The molecule has 1 aromatic heterocycles. The molecular formula is C17H23ClN4O2. The Labute approximate surface area is 148 Å². The number of halogens is 1. The SMILES string of the molecule is C[C@H]1OCCN[C@@H]1C(=O)NCc1ccc(Cn2cccn2)cc1.Cl. The maximum Gasteiger partial charge on any atom is 0.240 e.